The second-order valence-corrected chi connectivity index (χ2v) is 4.43. The summed E-state index contributed by atoms with van der Waals surface area (Å²) in [5.74, 6) is -0.522. The largest absolute Gasteiger partial charge is 0.443 e. The smallest absolute Gasteiger partial charge is 0.415 e. The molecule has 0 saturated carbocycles. The van der Waals surface area contributed by atoms with E-state index in [-0.39, 0.29) is 0 Å². The molecule has 0 saturated heterocycles. The highest BCUT2D eigenvalue weighted by Gasteiger charge is 2.32. The maximum Gasteiger partial charge on any atom is 0.415 e. The highest BCUT2D eigenvalue weighted by Crippen LogP contribution is 2.18. The number of carbonyl (C=O) groups excluding carboxylic acids is 2. The van der Waals surface area contributed by atoms with Crippen LogP contribution in [0.5, 0.6) is 0 Å². The van der Waals surface area contributed by atoms with E-state index >= 15 is 0 Å². The highest BCUT2D eigenvalue weighted by atomic mass is 16.6. The van der Waals surface area contributed by atoms with E-state index in [0.717, 1.165) is 0 Å². The molecule has 84 valence electrons. The summed E-state index contributed by atoms with van der Waals surface area (Å²) in [6, 6.07) is -0.611. The van der Waals surface area contributed by atoms with Gasteiger partial charge in [0.25, 0.3) is 0 Å². The molecule has 1 atom stereocenters. The van der Waals surface area contributed by atoms with Crippen LogP contribution in [0.4, 0.5) is 4.79 Å². The Kier molecular flexibility index (Phi) is 3.02. The van der Waals surface area contributed by atoms with Crippen LogP contribution < -0.4 is 5.73 Å². The summed E-state index contributed by atoms with van der Waals surface area (Å²) in [4.78, 5) is 23.9. The normalized spacial score (nSPS) is 20.5. The molecule has 1 aliphatic heterocycles. The molecule has 1 aliphatic rings. The van der Waals surface area contributed by atoms with Gasteiger partial charge in [-0.1, -0.05) is 6.08 Å². The SMILES string of the molecule is CC(C)(C)OC(=O)N1C=CC[C@H]1C(N)=O. The topological polar surface area (TPSA) is 72.6 Å². The van der Waals surface area contributed by atoms with Gasteiger partial charge in [-0.25, -0.2) is 4.79 Å². The number of rotatable bonds is 1. The molecule has 1 heterocycles. The summed E-state index contributed by atoms with van der Waals surface area (Å²) in [6.07, 6.45) is 3.16. The Bertz CT molecular complexity index is 304. The second-order valence-electron chi connectivity index (χ2n) is 4.43. The molecule has 0 aromatic heterocycles. The Morgan fingerprint density at radius 2 is 2.07 bits per heavy atom. The monoisotopic (exact) mass is 212 g/mol. The van der Waals surface area contributed by atoms with Crippen LogP contribution in [0.15, 0.2) is 12.3 Å². The Balaban J connectivity index is 2.67. The van der Waals surface area contributed by atoms with E-state index in [1.54, 1.807) is 26.8 Å². The number of primary amides is 1. The van der Waals surface area contributed by atoms with E-state index < -0.39 is 23.6 Å². The lowest BCUT2D eigenvalue weighted by Crippen LogP contribution is -2.44. The minimum atomic E-state index is -0.611. The first-order valence-corrected chi connectivity index (χ1v) is 4.78. The summed E-state index contributed by atoms with van der Waals surface area (Å²) >= 11 is 0. The summed E-state index contributed by atoms with van der Waals surface area (Å²) in [5.41, 5.74) is 4.59. The van der Waals surface area contributed by atoms with Crippen LogP contribution in [0.2, 0.25) is 0 Å². The molecule has 1 rings (SSSR count). The lowest BCUT2D eigenvalue weighted by molar-refractivity contribution is -0.121. The number of carbonyl (C=O) groups is 2. The fraction of sp³-hybridized carbons (Fsp3) is 0.600. The first-order valence-electron chi connectivity index (χ1n) is 4.78. The number of nitrogens with zero attached hydrogens (tertiary/aromatic N) is 1. The lowest BCUT2D eigenvalue weighted by Gasteiger charge is -2.26. The zero-order valence-corrected chi connectivity index (χ0v) is 9.19. The standard InChI is InChI=1S/C10H16N2O3/c1-10(2,3)15-9(14)12-6-4-5-7(12)8(11)13/h4,6-7H,5H2,1-3H3,(H2,11,13)/t7-/m0/s1. The van der Waals surface area contributed by atoms with Gasteiger partial charge < -0.3 is 10.5 Å². The zero-order chi connectivity index (χ0) is 11.6. The number of hydrogen-bond acceptors (Lipinski definition) is 3. The van der Waals surface area contributed by atoms with Gasteiger partial charge in [-0.15, -0.1) is 0 Å². The Hall–Kier alpha value is -1.52. The zero-order valence-electron chi connectivity index (χ0n) is 9.19. The van der Waals surface area contributed by atoms with Crippen molar-refractivity contribution in [1.82, 2.24) is 4.90 Å². The molecule has 5 nitrogen and oxygen atoms in total. The first-order chi connectivity index (χ1) is 6.81. The molecular weight excluding hydrogens is 196 g/mol. The van der Waals surface area contributed by atoms with Gasteiger partial charge in [-0.2, -0.15) is 0 Å². The molecule has 0 bridgehead atoms. The molecule has 0 aromatic carbocycles. The van der Waals surface area contributed by atoms with Crippen molar-refractivity contribution in [3.8, 4) is 0 Å². The van der Waals surface area contributed by atoms with Crippen LogP contribution in [0.1, 0.15) is 27.2 Å². The molecule has 0 aliphatic carbocycles. The lowest BCUT2D eigenvalue weighted by atomic mass is 10.2. The number of nitrogens with two attached hydrogens (primary N) is 1. The summed E-state index contributed by atoms with van der Waals surface area (Å²) in [7, 11) is 0. The van der Waals surface area contributed by atoms with E-state index in [9.17, 15) is 9.59 Å². The van der Waals surface area contributed by atoms with Crippen molar-refractivity contribution in [2.45, 2.75) is 38.8 Å². The first kappa shape index (κ1) is 11.6. The molecule has 0 radical (unpaired) electrons. The third-order valence-corrected chi connectivity index (χ3v) is 1.89. The summed E-state index contributed by atoms with van der Waals surface area (Å²) < 4.78 is 5.13. The van der Waals surface area contributed by atoms with Crippen LogP contribution in [-0.2, 0) is 9.53 Å². The van der Waals surface area contributed by atoms with E-state index in [0.29, 0.717) is 6.42 Å². The molecular formula is C10H16N2O3. The van der Waals surface area contributed by atoms with Gasteiger partial charge in [-0.3, -0.25) is 9.69 Å². The third kappa shape index (κ3) is 2.97. The van der Waals surface area contributed by atoms with Crippen LogP contribution in [0.25, 0.3) is 0 Å². The number of amides is 2. The number of ether oxygens (including phenoxy) is 1. The van der Waals surface area contributed by atoms with E-state index in [4.69, 9.17) is 10.5 Å². The average Bonchev–Trinajstić information content (AvgIpc) is 2.47. The summed E-state index contributed by atoms with van der Waals surface area (Å²) in [6.45, 7) is 5.30. The second kappa shape index (κ2) is 3.92. The Labute approximate surface area is 88.9 Å². The molecule has 5 heteroatoms. The van der Waals surface area contributed by atoms with Crippen LogP contribution >= 0.6 is 0 Å². The fourth-order valence-corrected chi connectivity index (χ4v) is 1.28. The van der Waals surface area contributed by atoms with Gasteiger partial charge in [0, 0.05) is 6.20 Å². The molecule has 0 spiro atoms. The minimum Gasteiger partial charge on any atom is -0.443 e. The fourth-order valence-electron chi connectivity index (χ4n) is 1.28. The predicted molar refractivity (Wildman–Crippen MR) is 54.8 cm³/mol. The molecule has 0 fully saturated rings. The number of hydrogen-bond donors (Lipinski definition) is 1. The summed E-state index contributed by atoms with van der Waals surface area (Å²) in [5, 5.41) is 0. The van der Waals surface area contributed by atoms with Crippen molar-refractivity contribution < 1.29 is 14.3 Å². The average molecular weight is 212 g/mol. The van der Waals surface area contributed by atoms with Gasteiger partial charge in [0.05, 0.1) is 0 Å². The highest BCUT2D eigenvalue weighted by molar-refractivity contribution is 5.85. The molecule has 2 N–H and O–H groups in total. The van der Waals surface area contributed by atoms with Crippen LogP contribution in [0, 0.1) is 0 Å². The van der Waals surface area contributed by atoms with Crippen LogP contribution in [-0.4, -0.2) is 28.5 Å². The van der Waals surface area contributed by atoms with Crippen molar-refractivity contribution in [1.29, 1.82) is 0 Å². The van der Waals surface area contributed by atoms with Gasteiger partial charge in [-0.05, 0) is 27.2 Å². The van der Waals surface area contributed by atoms with Crippen molar-refractivity contribution >= 4 is 12.0 Å². The maximum absolute atomic E-state index is 11.6. The molecule has 0 aromatic rings. The van der Waals surface area contributed by atoms with Gasteiger partial charge in [0.15, 0.2) is 0 Å². The van der Waals surface area contributed by atoms with Gasteiger partial charge >= 0.3 is 6.09 Å². The Morgan fingerprint density at radius 1 is 1.47 bits per heavy atom. The van der Waals surface area contributed by atoms with Crippen molar-refractivity contribution in [2.75, 3.05) is 0 Å². The Morgan fingerprint density at radius 3 is 2.53 bits per heavy atom. The van der Waals surface area contributed by atoms with E-state index in [1.165, 1.54) is 11.1 Å². The van der Waals surface area contributed by atoms with E-state index in [2.05, 4.69) is 0 Å². The van der Waals surface area contributed by atoms with Gasteiger partial charge in [0.1, 0.15) is 11.6 Å². The van der Waals surface area contributed by atoms with E-state index in [1.807, 2.05) is 0 Å². The van der Waals surface area contributed by atoms with Crippen molar-refractivity contribution in [3.63, 3.8) is 0 Å². The molecule has 0 unspecified atom stereocenters. The predicted octanol–water partition coefficient (Wildman–Crippen LogP) is 0.995. The minimum absolute atomic E-state index is 0.453. The molecule has 15 heavy (non-hydrogen) atoms. The quantitative estimate of drug-likeness (QED) is 0.704. The van der Waals surface area contributed by atoms with Crippen LogP contribution in [0.3, 0.4) is 0 Å². The molecule has 2 amide bonds. The van der Waals surface area contributed by atoms with Crippen molar-refractivity contribution in [3.05, 3.63) is 12.3 Å². The third-order valence-electron chi connectivity index (χ3n) is 1.89. The maximum atomic E-state index is 11.6. The van der Waals surface area contributed by atoms with Gasteiger partial charge in [0.2, 0.25) is 5.91 Å². The van der Waals surface area contributed by atoms with Crippen molar-refractivity contribution in [2.24, 2.45) is 5.73 Å².